The number of hydrogen-bond donors (Lipinski definition) is 0. The molecule has 0 radical (unpaired) electrons. The summed E-state index contributed by atoms with van der Waals surface area (Å²) in [5, 5.41) is 13.8. The molecule has 0 aromatic heterocycles. The molecule has 5 aromatic rings. The molecule has 0 fully saturated rings. The first-order valence-electron chi connectivity index (χ1n) is 11.6. The Bertz CT molecular complexity index is 1430. The van der Waals surface area contributed by atoms with Gasteiger partial charge in [-0.15, -0.1) is 0 Å². The fourth-order valence-electron chi connectivity index (χ4n) is 4.57. The van der Waals surface area contributed by atoms with Crippen molar-refractivity contribution in [2.24, 2.45) is 0 Å². The number of rotatable bonds is 6. The van der Waals surface area contributed by atoms with Crippen LogP contribution in [0, 0.1) is 11.3 Å². The molecule has 0 amide bonds. The first kappa shape index (κ1) is 23.8. The van der Waals surface area contributed by atoms with Gasteiger partial charge in [0.2, 0.25) is 0 Å². The molecule has 0 aliphatic rings. The molecule has 0 spiro atoms. The van der Waals surface area contributed by atoms with Gasteiger partial charge in [0.15, 0.2) is 14.3 Å². The van der Waals surface area contributed by atoms with Crippen molar-refractivity contribution in [3.8, 4) is 6.07 Å². The number of benzene rings is 5. The lowest BCUT2D eigenvalue weighted by Crippen LogP contribution is -2.33. The van der Waals surface area contributed by atoms with E-state index in [0.29, 0.717) is 31.8 Å². The molecule has 0 aliphatic carbocycles. The van der Waals surface area contributed by atoms with Crippen molar-refractivity contribution in [3.05, 3.63) is 145 Å². The van der Waals surface area contributed by atoms with Gasteiger partial charge in [0.25, 0.3) is 0 Å². The van der Waals surface area contributed by atoms with Crippen LogP contribution in [0.3, 0.4) is 0 Å². The zero-order valence-corrected chi connectivity index (χ0v) is 21.2. The minimum absolute atomic E-state index is 0.199. The van der Waals surface area contributed by atoms with Crippen LogP contribution in [-0.4, -0.2) is 0 Å². The van der Waals surface area contributed by atoms with Crippen molar-refractivity contribution >= 4 is 46.1 Å². The smallest absolute Gasteiger partial charge is 0.172 e. The van der Waals surface area contributed by atoms with Crippen LogP contribution in [0.15, 0.2) is 140 Å². The van der Waals surface area contributed by atoms with Crippen LogP contribution in [-0.2, 0) is 9.13 Å². The van der Waals surface area contributed by atoms with Crippen molar-refractivity contribution in [2.75, 3.05) is 0 Å². The molecule has 5 rings (SSSR count). The maximum Gasteiger partial charge on any atom is 0.172 e. The molecule has 0 saturated heterocycles. The summed E-state index contributed by atoms with van der Waals surface area (Å²) in [5.41, 5.74) is 0.199. The van der Waals surface area contributed by atoms with Crippen LogP contribution in [0.2, 0.25) is 0 Å². The van der Waals surface area contributed by atoms with E-state index in [4.69, 9.17) is 0 Å². The molecule has 174 valence electrons. The minimum atomic E-state index is -3.45. The molecule has 36 heavy (non-hydrogen) atoms. The Morgan fingerprint density at radius 3 is 0.944 bits per heavy atom. The van der Waals surface area contributed by atoms with Gasteiger partial charge in [-0.1, -0.05) is 127 Å². The average Bonchev–Trinajstić information content (AvgIpc) is 2.97. The summed E-state index contributed by atoms with van der Waals surface area (Å²) in [5.74, 6) is 0. The van der Waals surface area contributed by atoms with Gasteiger partial charge in [-0.25, -0.2) is 0 Å². The van der Waals surface area contributed by atoms with Crippen molar-refractivity contribution in [1.29, 1.82) is 5.26 Å². The van der Waals surface area contributed by atoms with Crippen LogP contribution < -0.4 is 31.8 Å². The van der Waals surface area contributed by atoms with Gasteiger partial charge in [0, 0.05) is 31.8 Å². The topological polar surface area (TPSA) is 57.9 Å². The van der Waals surface area contributed by atoms with Gasteiger partial charge in [0.1, 0.15) is 6.07 Å². The third kappa shape index (κ3) is 3.96. The highest BCUT2D eigenvalue weighted by Crippen LogP contribution is 2.47. The molecule has 0 atom stereocenters. The van der Waals surface area contributed by atoms with Gasteiger partial charge in [-0.05, 0) is 12.1 Å². The molecule has 0 aliphatic heterocycles. The molecular weight excluding hydrogens is 480 g/mol. The lowest BCUT2D eigenvalue weighted by atomic mass is 10.2. The monoisotopic (exact) mass is 503 g/mol. The second-order valence-corrected chi connectivity index (χ2v) is 13.8. The van der Waals surface area contributed by atoms with Gasteiger partial charge in [-0.3, -0.25) is 0 Å². The Balaban J connectivity index is 1.87. The largest absolute Gasteiger partial charge is 0.309 e. The van der Waals surface area contributed by atoms with E-state index in [1.807, 2.05) is 121 Å². The summed E-state index contributed by atoms with van der Waals surface area (Å²) in [7, 11) is -6.91. The Labute approximate surface area is 211 Å². The maximum atomic E-state index is 15.1. The molecule has 3 nitrogen and oxygen atoms in total. The highest BCUT2D eigenvalue weighted by atomic mass is 31.2. The van der Waals surface area contributed by atoms with E-state index in [-0.39, 0.29) is 5.56 Å². The molecule has 0 bridgehead atoms. The van der Waals surface area contributed by atoms with E-state index in [1.54, 1.807) is 18.2 Å². The van der Waals surface area contributed by atoms with Crippen LogP contribution in [0.5, 0.6) is 0 Å². The Morgan fingerprint density at radius 1 is 0.417 bits per heavy atom. The van der Waals surface area contributed by atoms with Crippen LogP contribution in [0.25, 0.3) is 0 Å². The molecule has 0 heterocycles. The molecule has 5 aromatic carbocycles. The van der Waals surface area contributed by atoms with Gasteiger partial charge >= 0.3 is 0 Å². The van der Waals surface area contributed by atoms with Gasteiger partial charge in [0.05, 0.1) is 5.56 Å². The molecule has 0 saturated carbocycles. The second-order valence-electron chi connectivity index (χ2n) is 8.34. The first-order chi connectivity index (χ1) is 17.6. The summed E-state index contributed by atoms with van der Waals surface area (Å²) in [6.07, 6.45) is 0. The predicted molar refractivity (Wildman–Crippen MR) is 150 cm³/mol. The van der Waals surface area contributed by atoms with Crippen molar-refractivity contribution in [3.63, 3.8) is 0 Å². The molecule has 0 unspecified atom stereocenters. The third-order valence-corrected chi connectivity index (χ3v) is 12.5. The van der Waals surface area contributed by atoms with Crippen LogP contribution in [0.4, 0.5) is 0 Å². The zero-order chi connectivity index (χ0) is 25.0. The summed E-state index contributed by atoms with van der Waals surface area (Å²) in [6.45, 7) is 0. The minimum Gasteiger partial charge on any atom is -0.309 e. The average molecular weight is 503 g/mol. The van der Waals surface area contributed by atoms with E-state index in [0.717, 1.165) is 0 Å². The SMILES string of the molecule is N#Cc1c(P(=O)(c2ccccc2)c2ccccc2)cccc1P(=O)(c1ccccc1)c1ccccc1. The van der Waals surface area contributed by atoms with E-state index < -0.39 is 14.3 Å². The highest BCUT2D eigenvalue weighted by molar-refractivity contribution is 7.87. The fourth-order valence-corrected chi connectivity index (χ4v) is 10.3. The molecule has 5 heteroatoms. The number of nitriles is 1. The van der Waals surface area contributed by atoms with Crippen molar-refractivity contribution < 1.29 is 9.13 Å². The summed E-state index contributed by atoms with van der Waals surface area (Å²) in [4.78, 5) is 0. The lowest BCUT2D eigenvalue weighted by Gasteiger charge is -2.25. The summed E-state index contributed by atoms with van der Waals surface area (Å²) < 4.78 is 30.2. The summed E-state index contributed by atoms with van der Waals surface area (Å²) in [6, 6.07) is 44.5. The Kier molecular flexibility index (Phi) is 6.58. The zero-order valence-electron chi connectivity index (χ0n) is 19.4. The van der Waals surface area contributed by atoms with Crippen molar-refractivity contribution in [1.82, 2.24) is 0 Å². The maximum absolute atomic E-state index is 15.1. The lowest BCUT2D eigenvalue weighted by molar-refractivity contribution is 0.592. The van der Waals surface area contributed by atoms with E-state index in [2.05, 4.69) is 6.07 Å². The Morgan fingerprint density at radius 2 is 0.694 bits per heavy atom. The van der Waals surface area contributed by atoms with Crippen LogP contribution in [0.1, 0.15) is 5.56 Å². The van der Waals surface area contributed by atoms with E-state index >= 15 is 9.13 Å². The fraction of sp³-hybridized carbons (Fsp3) is 0. The molecular formula is C31H23NO2P2. The standard InChI is InChI=1S/C31H23NO2P2/c32-24-29-30(35(33,25-14-5-1-6-15-25)26-16-7-2-8-17-26)22-13-23-31(29)36(34,27-18-9-3-10-19-27)28-20-11-4-12-21-28/h1-23H. The van der Waals surface area contributed by atoms with Gasteiger partial charge < -0.3 is 9.13 Å². The first-order valence-corrected chi connectivity index (χ1v) is 15.0. The summed E-state index contributed by atoms with van der Waals surface area (Å²) >= 11 is 0. The molecule has 0 N–H and O–H groups in total. The third-order valence-electron chi connectivity index (χ3n) is 6.29. The van der Waals surface area contributed by atoms with E-state index in [9.17, 15) is 5.26 Å². The normalized spacial score (nSPS) is 11.5. The predicted octanol–water partition coefficient (Wildman–Crippen LogP) is 4.84. The van der Waals surface area contributed by atoms with Crippen LogP contribution >= 0.6 is 14.3 Å². The number of hydrogen-bond acceptors (Lipinski definition) is 3. The van der Waals surface area contributed by atoms with Gasteiger partial charge in [-0.2, -0.15) is 5.26 Å². The highest BCUT2D eigenvalue weighted by Gasteiger charge is 2.38. The quantitative estimate of drug-likeness (QED) is 0.312. The Hall–Kier alpha value is -3.95. The number of nitrogens with zero attached hydrogens (tertiary/aromatic N) is 1. The van der Waals surface area contributed by atoms with E-state index in [1.165, 1.54) is 0 Å². The van der Waals surface area contributed by atoms with Crippen molar-refractivity contribution in [2.45, 2.75) is 0 Å². The second kappa shape index (κ2) is 9.96.